The summed E-state index contributed by atoms with van der Waals surface area (Å²) in [5, 5.41) is 28.3. The normalized spacial score (nSPS) is 11.1. The van der Waals surface area contributed by atoms with Gasteiger partial charge >= 0.3 is 0 Å². The molecule has 0 radical (unpaired) electrons. The fraction of sp³-hybridized carbons (Fsp3) is 0.103. The second-order valence-corrected chi connectivity index (χ2v) is 8.75. The van der Waals surface area contributed by atoms with Gasteiger partial charge in [-0.3, -0.25) is 4.79 Å². The van der Waals surface area contributed by atoms with Crippen LogP contribution in [0.3, 0.4) is 0 Å². The van der Waals surface area contributed by atoms with Crippen LogP contribution in [0.2, 0.25) is 5.02 Å². The average molecular weight is 557 g/mol. The maximum absolute atomic E-state index is 12.2. The van der Waals surface area contributed by atoms with E-state index in [9.17, 15) is 9.90 Å². The number of carbonyl (C=O) groups excluding carboxylic acids is 1. The highest BCUT2D eigenvalue weighted by atomic mass is 35.5. The molecule has 4 N–H and O–H groups in total. The van der Waals surface area contributed by atoms with E-state index < -0.39 is 6.10 Å². The zero-order valence-corrected chi connectivity index (χ0v) is 22.4. The SMILES string of the molecule is C=C(C#N)C(O)c1cccc(Oc2ccc(Nc3ncc(Cl)c(Nc4ccccc4C(=O)NC)n3)c(OC)c2)c1. The van der Waals surface area contributed by atoms with Gasteiger partial charge in [0, 0.05) is 13.1 Å². The topological polar surface area (TPSA) is 141 Å². The van der Waals surface area contributed by atoms with Gasteiger partial charge in [-0.1, -0.05) is 42.4 Å². The van der Waals surface area contributed by atoms with Crippen molar-refractivity contribution in [3.05, 3.63) is 101 Å². The molecule has 4 rings (SSSR count). The number of amides is 1. The van der Waals surface area contributed by atoms with Crippen LogP contribution in [-0.2, 0) is 0 Å². The Hall–Kier alpha value is -5.11. The number of anilines is 4. The molecule has 40 heavy (non-hydrogen) atoms. The number of benzene rings is 3. The van der Waals surface area contributed by atoms with Crippen LogP contribution in [0, 0.1) is 11.3 Å². The monoisotopic (exact) mass is 556 g/mol. The summed E-state index contributed by atoms with van der Waals surface area (Å²) in [7, 11) is 3.07. The molecule has 0 saturated heterocycles. The lowest BCUT2D eigenvalue weighted by Gasteiger charge is -2.15. The molecule has 1 aromatic heterocycles. The molecule has 0 fully saturated rings. The van der Waals surface area contributed by atoms with Crippen LogP contribution in [0.5, 0.6) is 17.2 Å². The zero-order chi connectivity index (χ0) is 28.6. The number of nitrogens with one attached hydrogen (secondary N) is 3. The summed E-state index contributed by atoms with van der Waals surface area (Å²) in [6, 6.07) is 20.7. The quantitative estimate of drug-likeness (QED) is 0.176. The number of ether oxygens (including phenoxy) is 2. The van der Waals surface area contributed by atoms with Crippen molar-refractivity contribution < 1.29 is 19.4 Å². The highest BCUT2D eigenvalue weighted by Gasteiger charge is 2.15. The van der Waals surface area contributed by atoms with Crippen molar-refractivity contribution in [1.29, 1.82) is 5.26 Å². The molecule has 0 spiro atoms. The van der Waals surface area contributed by atoms with Gasteiger partial charge in [0.15, 0.2) is 5.82 Å². The van der Waals surface area contributed by atoms with Crippen molar-refractivity contribution in [2.24, 2.45) is 0 Å². The summed E-state index contributed by atoms with van der Waals surface area (Å²) < 4.78 is 11.5. The van der Waals surface area contributed by atoms with Crippen LogP contribution in [0.4, 0.5) is 23.1 Å². The van der Waals surface area contributed by atoms with Gasteiger partial charge < -0.3 is 30.5 Å². The minimum Gasteiger partial charge on any atom is -0.494 e. The number of hydrogen-bond donors (Lipinski definition) is 4. The molecule has 11 heteroatoms. The molecular weight excluding hydrogens is 532 g/mol. The molecule has 0 aliphatic heterocycles. The first kappa shape index (κ1) is 27.9. The Morgan fingerprint density at radius 3 is 2.60 bits per heavy atom. The first-order valence-corrected chi connectivity index (χ1v) is 12.3. The number of methoxy groups -OCH3 is 1. The van der Waals surface area contributed by atoms with Crippen molar-refractivity contribution in [2.45, 2.75) is 6.10 Å². The van der Waals surface area contributed by atoms with Gasteiger partial charge in [0.25, 0.3) is 5.91 Å². The number of aromatic nitrogens is 2. The van der Waals surface area contributed by atoms with Gasteiger partial charge in [-0.05, 0) is 42.0 Å². The summed E-state index contributed by atoms with van der Waals surface area (Å²) >= 11 is 6.33. The highest BCUT2D eigenvalue weighted by molar-refractivity contribution is 6.33. The number of aliphatic hydroxyl groups is 1. The number of hydrogen-bond acceptors (Lipinski definition) is 9. The van der Waals surface area contributed by atoms with E-state index in [-0.39, 0.29) is 22.5 Å². The summed E-state index contributed by atoms with van der Waals surface area (Å²) in [5.41, 5.74) is 2.04. The molecule has 1 atom stereocenters. The van der Waals surface area contributed by atoms with Gasteiger partial charge in [0.05, 0.1) is 41.9 Å². The number of para-hydroxylation sites is 1. The molecule has 1 unspecified atom stereocenters. The first-order chi connectivity index (χ1) is 19.3. The molecule has 4 aromatic rings. The number of nitriles is 1. The molecule has 1 heterocycles. The third-order valence-electron chi connectivity index (χ3n) is 5.70. The largest absolute Gasteiger partial charge is 0.494 e. The van der Waals surface area contributed by atoms with E-state index in [0.717, 1.165) is 0 Å². The molecular formula is C29H25ClN6O4. The average Bonchev–Trinajstić information content (AvgIpc) is 2.98. The second-order valence-electron chi connectivity index (χ2n) is 8.34. The Labute approximate surface area is 235 Å². The van der Waals surface area contributed by atoms with Crippen LogP contribution in [-0.4, -0.2) is 35.1 Å². The minimum atomic E-state index is -1.12. The van der Waals surface area contributed by atoms with E-state index >= 15 is 0 Å². The maximum Gasteiger partial charge on any atom is 0.253 e. The van der Waals surface area contributed by atoms with Crippen LogP contribution in [0.1, 0.15) is 22.0 Å². The van der Waals surface area contributed by atoms with E-state index in [2.05, 4.69) is 32.5 Å². The van der Waals surface area contributed by atoms with Gasteiger partial charge in [0.1, 0.15) is 28.4 Å². The molecule has 0 aliphatic carbocycles. The second kappa shape index (κ2) is 12.6. The highest BCUT2D eigenvalue weighted by Crippen LogP contribution is 2.35. The first-order valence-electron chi connectivity index (χ1n) is 11.9. The van der Waals surface area contributed by atoms with E-state index in [1.54, 1.807) is 73.8 Å². The Morgan fingerprint density at radius 1 is 1.07 bits per heavy atom. The van der Waals surface area contributed by atoms with Crippen molar-refractivity contribution in [3.63, 3.8) is 0 Å². The molecule has 10 nitrogen and oxygen atoms in total. The third-order valence-corrected chi connectivity index (χ3v) is 5.98. The predicted molar refractivity (Wildman–Crippen MR) is 153 cm³/mol. The van der Waals surface area contributed by atoms with Crippen molar-refractivity contribution in [3.8, 4) is 23.3 Å². The molecule has 3 aromatic carbocycles. The Bertz CT molecular complexity index is 1600. The van der Waals surface area contributed by atoms with Crippen LogP contribution in [0.25, 0.3) is 0 Å². The Morgan fingerprint density at radius 2 is 1.85 bits per heavy atom. The van der Waals surface area contributed by atoms with Gasteiger partial charge in [-0.2, -0.15) is 10.2 Å². The maximum atomic E-state index is 12.2. The molecule has 0 saturated carbocycles. The van der Waals surface area contributed by atoms with Crippen molar-refractivity contribution in [2.75, 3.05) is 24.8 Å². The van der Waals surface area contributed by atoms with Gasteiger partial charge in [0.2, 0.25) is 5.95 Å². The fourth-order valence-corrected chi connectivity index (χ4v) is 3.81. The number of carbonyl (C=O) groups is 1. The van der Waals surface area contributed by atoms with Crippen molar-refractivity contribution in [1.82, 2.24) is 15.3 Å². The number of halogens is 1. The summed E-state index contributed by atoms with van der Waals surface area (Å²) in [5.74, 6) is 1.65. The standard InChI is InChI=1S/C29H25ClN6O4/c1-17(15-31)26(37)18-7-6-8-19(13-18)40-20-11-12-24(25(14-20)39-3)35-29-33-16-22(30)27(36-29)34-23-10-5-4-9-21(23)28(38)32-2/h4-14,16,26,37H,1H2,2-3H3,(H,32,38)(H2,33,34,35,36). The van der Waals surface area contributed by atoms with Crippen LogP contribution in [0.15, 0.2) is 85.1 Å². The van der Waals surface area contributed by atoms with Crippen molar-refractivity contribution >= 4 is 40.6 Å². The van der Waals surface area contributed by atoms with Gasteiger partial charge in [-0.25, -0.2) is 4.98 Å². The Kier molecular flexibility index (Phi) is 8.81. The lowest BCUT2D eigenvalue weighted by Crippen LogP contribution is -2.19. The summed E-state index contributed by atoms with van der Waals surface area (Å²) in [4.78, 5) is 21.0. The van der Waals surface area contributed by atoms with E-state index in [0.29, 0.717) is 45.6 Å². The van der Waals surface area contributed by atoms with Crippen LogP contribution < -0.4 is 25.4 Å². The minimum absolute atomic E-state index is 0.0349. The lowest BCUT2D eigenvalue weighted by atomic mass is 10.0. The number of aliphatic hydroxyl groups excluding tert-OH is 1. The predicted octanol–water partition coefficient (Wildman–Crippen LogP) is 5.89. The Balaban J connectivity index is 1.54. The van der Waals surface area contributed by atoms with E-state index in [4.69, 9.17) is 26.3 Å². The zero-order valence-electron chi connectivity index (χ0n) is 21.6. The molecule has 0 aliphatic rings. The molecule has 1 amide bonds. The number of nitrogens with zero attached hydrogens (tertiary/aromatic N) is 3. The summed E-state index contributed by atoms with van der Waals surface area (Å²) in [6.07, 6.45) is 0.319. The van der Waals surface area contributed by atoms with Crippen LogP contribution >= 0.6 is 11.6 Å². The van der Waals surface area contributed by atoms with Gasteiger partial charge in [-0.15, -0.1) is 0 Å². The summed E-state index contributed by atoms with van der Waals surface area (Å²) in [6.45, 7) is 3.56. The number of rotatable bonds is 10. The molecule has 202 valence electrons. The third kappa shape index (κ3) is 6.47. The smallest absolute Gasteiger partial charge is 0.253 e. The fourth-order valence-electron chi connectivity index (χ4n) is 3.67. The van der Waals surface area contributed by atoms with E-state index in [1.807, 2.05) is 6.07 Å². The molecule has 0 bridgehead atoms. The lowest BCUT2D eigenvalue weighted by molar-refractivity contribution is 0.0964. The van der Waals surface area contributed by atoms with E-state index in [1.165, 1.54) is 13.3 Å².